The smallest absolute Gasteiger partial charge is 0.240 e. The molecular weight excluding hydrogens is 236 g/mol. The predicted molar refractivity (Wildman–Crippen MR) is 66.8 cm³/mol. The maximum absolute atomic E-state index is 11.1. The lowest BCUT2D eigenvalue weighted by atomic mass is 10.1. The molecule has 0 bridgehead atoms. The zero-order valence-electron chi connectivity index (χ0n) is 10.7. The van der Waals surface area contributed by atoms with E-state index < -0.39 is 11.4 Å². The topological polar surface area (TPSA) is 96.8 Å². The summed E-state index contributed by atoms with van der Waals surface area (Å²) in [5, 5.41) is 0. The van der Waals surface area contributed by atoms with E-state index in [2.05, 4.69) is 0 Å². The fraction of sp³-hybridized carbons (Fsp3) is 0.417. The SMILES string of the molecule is COc1cc(OC)cc(OCC(C)(N)C(N)=O)c1. The molecule has 1 unspecified atom stereocenters. The molecule has 0 spiro atoms. The second-order valence-electron chi connectivity index (χ2n) is 4.12. The molecule has 1 aromatic carbocycles. The standard InChI is InChI=1S/C12H18N2O4/c1-12(14,11(13)15)7-18-10-5-8(16-2)4-9(6-10)17-3/h4-6H,7,14H2,1-3H3,(H2,13,15). The van der Waals surface area contributed by atoms with Crippen LogP contribution in [-0.2, 0) is 4.79 Å². The zero-order valence-corrected chi connectivity index (χ0v) is 10.7. The summed E-state index contributed by atoms with van der Waals surface area (Å²) in [6.07, 6.45) is 0. The molecule has 18 heavy (non-hydrogen) atoms. The minimum absolute atomic E-state index is 0.0291. The molecule has 6 nitrogen and oxygen atoms in total. The molecule has 1 aromatic rings. The van der Waals surface area contributed by atoms with Gasteiger partial charge in [0.25, 0.3) is 0 Å². The molecule has 0 aromatic heterocycles. The van der Waals surface area contributed by atoms with Gasteiger partial charge < -0.3 is 25.7 Å². The first kappa shape index (κ1) is 14.1. The molecule has 0 saturated heterocycles. The number of rotatable bonds is 6. The molecule has 0 aliphatic carbocycles. The highest BCUT2D eigenvalue weighted by atomic mass is 16.5. The molecule has 0 heterocycles. The molecular formula is C12H18N2O4. The Morgan fingerprint density at radius 2 is 1.61 bits per heavy atom. The Labute approximate surface area is 106 Å². The van der Waals surface area contributed by atoms with Gasteiger partial charge in [0.05, 0.1) is 14.2 Å². The van der Waals surface area contributed by atoms with Gasteiger partial charge >= 0.3 is 0 Å². The number of primary amides is 1. The molecule has 0 aliphatic rings. The number of carbonyl (C=O) groups excluding carboxylic acids is 1. The van der Waals surface area contributed by atoms with Crippen LogP contribution in [-0.4, -0.2) is 32.3 Å². The van der Waals surface area contributed by atoms with Crippen molar-refractivity contribution < 1.29 is 19.0 Å². The van der Waals surface area contributed by atoms with Gasteiger partial charge in [-0.2, -0.15) is 0 Å². The van der Waals surface area contributed by atoms with E-state index in [1.54, 1.807) is 18.2 Å². The predicted octanol–water partition coefficient (Wildman–Crippen LogP) is 0.285. The van der Waals surface area contributed by atoms with Crippen molar-refractivity contribution >= 4 is 5.91 Å². The minimum Gasteiger partial charge on any atom is -0.496 e. The number of benzene rings is 1. The first-order valence-electron chi connectivity index (χ1n) is 5.33. The van der Waals surface area contributed by atoms with Crippen molar-refractivity contribution in [2.75, 3.05) is 20.8 Å². The summed E-state index contributed by atoms with van der Waals surface area (Å²) in [7, 11) is 3.07. The maximum Gasteiger partial charge on any atom is 0.240 e. The number of methoxy groups -OCH3 is 2. The van der Waals surface area contributed by atoms with Crippen molar-refractivity contribution in [2.24, 2.45) is 11.5 Å². The lowest BCUT2D eigenvalue weighted by Gasteiger charge is -2.21. The van der Waals surface area contributed by atoms with Gasteiger partial charge in [0.2, 0.25) is 5.91 Å². The summed E-state index contributed by atoms with van der Waals surface area (Å²) in [6.45, 7) is 1.48. The summed E-state index contributed by atoms with van der Waals surface area (Å²) in [5.41, 5.74) is 9.61. The Morgan fingerprint density at radius 1 is 1.17 bits per heavy atom. The van der Waals surface area contributed by atoms with Gasteiger partial charge in [-0.25, -0.2) is 0 Å². The van der Waals surface area contributed by atoms with E-state index in [1.165, 1.54) is 21.1 Å². The van der Waals surface area contributed by atoms with E-state index in [0.717, 1.165) is 0 Å². The fourth-order valence-corrected chi connectivity index (χ4v) is 1.17. The highest BCUT2D eigenvalue weighted by Crippen LogP contribution is 2.27. The normalized spacial score (nSPS) is 13.6. The maximum atomic E-state index is 11.1. The number of hydrogen-bond acceptors (Lipinski definition) is 5. The number of ether oxygens (including phenoxy) is 3. The second kappa shape index (κ2) is 5.59. The van der Waals surface area contributed by atoms with Crippen LogP contribution in [0.2, 0.25) is 0 Å². The first-order chi connectivity index (χ1) is 8.39. The van der Waals surface area contributed by atoms with Gasteiger partial charge in [-0.3, -0.25) is 4.79 Å². The highest BCUT2D eigenvalue weighted by molar-refractivity contribution is 5.84. The Balaban J connectivity index is 2.81. The van der Waals surface area contributed by atoms with Crippen molar-refractivity contribution in [1.82, 2.24) is 0 Å². The third-order valence-electron chi connectivity index (χ3n) is 2.43. The monoisotopic (exact) mass is 254 g/mol. The van der Waals surface area contributed by atoms with Crippen LogP contribution in [0.4, 0.5) is 0 Å². The van der Waals surface area contributed by atoms with Crippen molar-refractivity contribution in [3.8, 4) is 17.2 Å². The summed E-state index contributed by atoms with van der Waals surface area (Å²) in [5.74, 6) is 1.03. The highest BCUT2D eigenvalue weighted by Gasteiger charge is 2.26. The van der Waals surface area contributed by atoms with Crippen LogP contribution in [0.5, 0.6) is 17.2 Å². The molecule has 0 fully saturated rings. The lowest BCUT2D eigenvalue weighted by Crippen LogP contribution is -2.53. The minimum atomic E-state index is -1.23. The van der Waals surface area contributed by atoms with E-state index in [0.29, 0.717) is 17.2 Å². The number of nitrogens with two attached hydrogens (primary N) is 2. The lowest BCUT2D eigenvalue weighted by molar-refractivity contribution is -0.123. The number of amides is 1. The van der Waals surface area contributed by atoms with Crippen LogP contribution >= 0.6 is 0 Å². The van der Waals surface area contributed by atoms with Crippen LogP contribution in [0, 0.1) is 0 Å². The molecule has 0 saturated carbocycles. The Kier molecular flexibility index (Phi) is 4.38. The molecule has 6 heteroatoms. The molecule has 0 aliphatic heterocycles. The third kappa shape index (κ3) is 3.53. The van der Waals surface area contributed by atoms with Crippen molar-refractivity contribution in [1.29, 1.82) is 0 Å². The Bertz CT molecular complexity index is 410. The summed E-state index contributed by atoms with van der Waals surface area (Å²) in [4.78, 5) is 11.1. The summed E-state index contributed by atoms with van der Waals surface area (Å²) >= 11 is 0. The van der Waals surface area contributed by atoms with Crippen LogP contribution in [0.25, 0.3) is 0 Å². The van der Waals surface area contributed by atoms with Crippen LogP contribution < -0.4 is 25.7 Å². The van der Waals surface area contributed by atoms with Crippen molar-refractivity contribution in [2.45, 2.75) is 12.5 Å². The average Bonchev–Trinajstić information content (AvgIpc) is 2.35. The van der Waals surface area contributed by atoms with Gasteiger partial charge in [-0.15, -0.1) is 0 Å². The molecule has 1 amide bonds. The molecule has 1 rings (SSSR count). The van der Waals surface area contributed by atoms with E-state index in [4.69, 9.17) is 25.7 Å². The zero-order chi connectivity index (χ0) is 13.8. The van der Waals surface area contributed by atoms with Gasteiger partial charge in [0.15, 0.2) is 0 Å². The van der Waals surface area contributed by atoms with E-state index in [-0.39, 0.29) is 6.61 Å². The van der Waals surface area contributed by atoms with E-state index in [1.807, 2.05) is 0 Å². The van der Waals surface area contributed by atoms with Crippen LogP contribution in [0.15, 0.2) is 18.2 Å². The quantitative estimate of drug-likeness (QED) is 0.760. The molecule has 0 radical (unpaired) electrons. The fourth-order valence-electron chi connectivity index (χ4n) is 1.17. The van der Waals surface area contributed by atoms with Gasteiger partial charge in [-0.1, -0.05) is 0 Å². The third-order valence-corrected chi connectivity index (χ3v) is 2.43. The van der Waals surface area contributed by atoms with Crippen molar-refractivity contribution in [3.05, 3.63) is 18.2 Å². The summed E-state index contributed by atoms with van der Waals surface area (Å²) in [6, 6.07) is 5.04. The summed E-state index contributed by atoms with van der Waals surface area (Å²) < 4.78 is 15.6. The Hall–Kier alpha value is -1.95. The van der Waals surface area contributed by atoms with E-state index in [9.17, 15) is 4.79 Å². The Morgan fingerprint density at radius 3 is 2.00 bits per heavy atom. The van der Waals surface area contributed by atoms with Gasteiger partial charge in [0, 0.05) is 18.2 Å². The largest absolute Gasteiger partial charge is 0.496 e. The van der Waals surface area contributed by atoms with Crippen LogP contribution in [0.3, 0.4) is 0 Å². The molecule has 1 atom stereocenters. The van der Waals surface area contributed by atoms with Gasteiger partial charge in [0.1, 0.15) is 29.4 Å². The van der Waals surface area contributed by atoms with Crippen molar-refractivity contribution in [3.63, 3.8) is 0 Å². The van der Waals surface area contributed by atoms with Gasteiger partial charge in [-0.05, 0) is 6.92 Å². The van der Waals surface area contributed by atoms with Crippen LogP contribution in [0.1, 0.15) is 6.92 Å². The number of carbonyl (C=O) groups is 1. The molecule has 4 N–H and O–H groups in total. The molecule has 100 valence electrons. The number of hydrogen-bond donors (Lipinski definition) is 2. The average molecular weight is 254 g/mol. The van der Waals surface area contributed by atoms with E-state index >= 15 is 0 Å². The first-order valence-corrected chi connectivity index (χ1v) is 5.33. The second-order valence-corrected chi connectivity index (χ2v) is 4.12.